The van der Waals surface area contributed by atoms with Crippen LogP contribution in [0.3, 0.4) is 0 Å². The predicted octanol–water partition coefficient (Wildman–Crippen LogP) is 4.09. The molecule has 0 saturated carbocycles. The largest absolute Gasteiger partial charge is 0.335 e. The summed E-state index contributed by atoms with van der Waals surface area (Å²) in [6.45, 7) is 8.33. The van der Waals surface area contributed by atoms with Gasteiger partial charge in [0.1, 0.15) is 11.5 Å². The number of carbonyl (C=O) groups excluding carboxylic acids is 1. The van der Waals surface area contributed by atoms with E-state index in [1.165, 1.54) is 23.3 Å². The number of rotatable bonds is 5. The summed E-state index contributed by atoms with van der Waals surface area (Å²) in [5.74, 6) is 0.191. The van der Waals surface area contributed by atoms with Crippen molar-refractivity contribution in [2.75, 3.05) is 26.2 Å². The number of carbonyl (C=O) groups is 1. The third-order valence-electron chi connectivity index (χ3n) is 5.67. The van der Waals surface area contributed by atoms with E-state index < -0.39 is 0 Å². The lowest BCUT2D eigenvalue weighted by Gasteiger charge is -2.34. The smallest absolute Gasteiger partial charge is 0.272 e. The van der Waals surface area contributed by atoms with Crippen LogP contribution in [0.1, 0.15) is 41.4 Å². The van der Waals surface area contributed by atoms with Gasteiger partial charge in [0.2, 0.25) is 0 Å². The molecule has 0 unspecified atom stereocenters. The molecule has 0 atom stereocenters. The fourth-order valence-electron chi connectivity index (χ4n) is 3.80. The van der Waals surface area contributed by atoms with Gasteiger partial charge in [-0.15, -0.1) is 0 Å². The lowest BCUT2D eigenvalue weighted by molar-refractivity contribution is 0.0620. The minimum Gasteiger partial charge on any atom is -0.335 e. The minimum absolute atomic E-state index is 0.0437. The van der Waals surface area contributed by atoms with Gasteiger partial charge in [-0.1, -0.05) is 38.1 Å². The fourth-order valence-corrected chi connectivity index (χ4v) is 3.80. The first-order valence-electron chi connectivity index (χ1n) is 10.4. The summed E-state index contributed by atoms with van der Waals surface area (Å²) in [6.07, 6.45) is 3.17. The molecule has 1 aliphatic heterocycles. The maximum atomic E-state index is 13.2. The van der Waals surface area contributed by atoms with Crippen LogP contribution in [0.5, 0.6) is 0 Å². The maximum Gasteiger partial charge on any atom is 0.272 e. The molecule has 156 valence electrons. The first kappa shape index (κ1) is 20.3. The van der Waals surface area contributed by atoms with Gasteiger partial charge in [-0.3, -0.25) is 14.3 Å². The summed E-state index contributed by atoms with van der Waals surface area (Å²) in [7, 11) is 0. The van der Waals surface area contributed by atoms with Crippen LogP contribution >= 0.6 is 0 Å². The summed E-state index contributed by atoms with van der Waals surface area (Å²) < 4.78 is 14.9. The molecule has 1 amide bonds. The molecular formula is C24H27FN4O. The Hall–Kier alpha value is -2.99. The Morgan fingerprint density at radius 3 is 2.30 bits per heavy atom. The average Bonchev–Trinajstić information content (AvgIpc) is 3.24. The molecule has 3 aromatic rings. The summed E-state index contributed by atoms with van der Waals surface area (Å²) in [5.41, 5.74) is 3.88. The number of imidazole rings is 1. The molecule has 4 rings (SSSR count). The second-order valence-electron chi connectivity index (χ2n) is 8.09. The average molecular weight is 407 g/mol. The van der Waals surface area contributed by atoms with E-state index in [0.29, 0.717) is 24.7 Å². The van der Waals surface area contributed by atoms with Crippen LogP contribution in [-0.2, 0) is 6.54 Å². The van der Waals surface area contributed by atoms with Gasteiger partial charge in [0.15, 0.2) is 0 Å². The highest BCUT2D eigenvalue weighted by atomic mass is 19.1. The Morgan fingerprint density at radius 1 is 1.00 bits per heavy atom. The lowest BCUT2D eigenvalue weighted by atomic mass is 10.0. The highest BCUT2D eigenvalue weighted by Crippen LogP contribution is 2.18. The van der Waals surface area contributed by atoms with Crippen molar-refractivity contribution in [2.45, 2.75) is 26.3 Å². The number of hydrogen-bond donors (Lipinski definition) is 0. The standard InChI is InChI=1S/C24H27FN4O/c1-18(2)20-5-3-19(4-6-20)16-27-11-13-28(14-12-27)24(30)23-15-26-17-29(23)22-9-7-21(25)8-10-22/h3-10,15,17-18H,11-14,16H2,1-2H3. The second-order valence-corrected chi connectivity index (χ2v) is 8.09. The molecule has 0 radical (unpaired) electrons. The van der Waals surface area contributed by atoms with Crippen molar-refractivity contribution in [3.8, 4) is 5.69 Å². The summed E-state index contributed by atoms with van der Waals surface area (Å²) >= 11 is 0. The Labute approximate surface area is 176 Å². The van der Waals surface area contributed by atoms with Gasteiger partial charge in [0.25, 0.3) is 5.91 Å². The number of halogens is 1. The van der Waals surface area contributed by atoms with Crippen LogP contribution in [0.4, 0.5) is 4.39 Å². The van der Waals surface area contributed by atoms with Crippen LogP contribution in [0.25, 0.3) is 5.69 Å². The lowest BCUT2D eigenvalue weighted by Crippen LogP contribution is -2.48. The van der Waals surface area contributed by atoms with Crippen molar-refractivity contribution in [2.24, 2.45) is 0 Å². The van der Waals surface area contributed by atoms with Crippen molar-refractivity contribution in [3.63, 3.8) is 0 Å². The monoisotopic (exact) mass is 406 g/mol. The molecule has 6 heteroatoms. The number of hydrogen-bond acceptors (Lipinski definition) is 3. The Balaban J connectivity index is 1.37. The molecule has 0 aliphatic carbocycles. The van der Waals surface area contributed by atoms with Crippen LogP contribution in [0, 0.1) is 5.82 Å². The molecule has 5 nitrogen and oxygen atoms in total. The highest BCUT2D eigenvalue weighted by molar-refractivity contribution is 5.93. The third-order valence-corrected chi connectivity index (χ3v) is 5.67. The first-order chi connectivity index (χ1) is 14.5. The Kier molecular flexibility index (Phi) is 5.95. The first-order valence-corrected chi connectivity index (χ1v) is 10.4. The number of amides is 1. The van der Waals surface area contributed by atoms with Crippen LogP contribution in [-0.4, -0.2) is 51.4 Å². The zero-order valence-electron chi connectivity index (χ0n) is 17.5. The van der Waals surface area contributed by atoms with E-state index in [9.17, 15) is 9.18 Å². The maximum absolute atomic E-state index is 13.2. The van der Waals surface area contributed by atoms with E-state index in [2.05, 4.69) is 48.0 Å². The molecular weight excluding hydrogens is 379 g/mol. The molecule has 1 aromatic heterocycles. The Morgan fingerprint density at radius 2 is 1.67 bits per heavy atom. The predicted molar refractivity (Wildman–Crippen MR) is 115 cm³/mol. The van der Waals surface area contributed by atoms with E-state index in [1.807, 2.05) is 4.90 Å². The number of aromatic nitrogens is 2. The molecule has 1 fully saturated rings. The van der Waals surface area contributed by atoms with Crippen molar-refractivity contribution >= 4 is 5.91 Å². The summed E-state index contributed by atoms with van der Waals surface area (Å²) in [4.78, 5) is 21.4. The van der Waals surface area contributed by atoms with E-state index in [4.69, 9.17) is 0 Å². The molecule has 2 aromatic carbocycles. The SMILES string of the molecule is CC(C)c1ccc(CN2CCN(C(=O)c3cncn3-c3ccc(F)cc3)CC2)cc1. The second kappa shape index (κ2) is 8.79. The van der Waals surface area contributed by atoms with Gasteiger partial charge in [0.05, 0.1) is 12.5 Å². The van der Waals surface area contributed by atoms with Gasteiger partial charge in [0, 0.05) is 38.4 Å². The fraction of sp³-hybridized carbons (Fsp3) is 0.333. The molecule has 30 heavy (non-hydrogen) atoms. The minimum atomic E-state index is -0.304. The van der Waals surface area contributed by atoms with E-state index in [0.717, 1.165) is 25.3 Å². The van der Waals surface area contributed by atoms with E-state index in [1.54, 1.807) is 29.2 Å². The van der Waals surface area contributed by atoms with Gasteiger partial charge in [-0.25, -0.2) is 9.37 Å². The van der Waals surface area contributed by atoms with Gasteiger partial charge >= 0.3 is 0 Å². The number of piperazine rings is 1. The van der Waals surface area contributed by atoms with Gasteiger partial charge in [-0.05, 0) is 41.3 Å². The number of nitrogens with zero attached hydrogens (tertiary/aromatic N) is 4. The van der Waals surface area contributed by atoms with Gasteiger partial charge in [-0.2, -0.15) is 0 Å². The molecule has 0 N–H and O–H groups in total. The van der Waals surface area contributed by atoms with Crippen LogP contribution < -0.4 is 0 Å². The molecule has 1 saturated heterocycles. The molecule has 2 heterocycles. The zero-order valence-corrected chi connectivity index (χ0v) is 17.5. The van der Waals surface area contributed by atoms with E-state index in [-0.39, 0.29) is 11.7 Å². The van der Waals surface area contributed by atoms with Gasteiger partial charge < -0.3 is 4.90 Å². The van der Waals surface area contributed by atoms with Crippen molar-refractivity contribution in [3.05, 3.63) is 83.7 Å². The van der Waals surface area contributed by atoms with E-state index >= 15 is 0 Å². The van der Waals surface area contributed by atoms with Crippen molar-refractivity contribution in [1.29, 1.82) is 0 Å². The van der Waals surface area contributed by atoms with Crippen molar-refractivity contribution < 1.29 is 9.18 Å². The quantitative estimate of drug-likeness (QED) is 0.641. The zero-order chi connectivity index (χ0) is 21.1. The topological polar surface area (TPSA) is 41.4 Å². The Bertz CT molecular complexity index is 987. The molecule has 0 bridgehead atoms. The number of benzene rings is 2. The summed E-state index contributed by atoms with van der Waals surface area (Å²) in [6, 6.07) is 14.9. The normalized spacial score (nSPS) is 15.0. The molecule has 0 spiro atoms. The van der Waals surface area contributed by atoms with Crippen LogP contribution in [0.2, 0.25) is 0 Å². The van der Waals surface area contributed by atoms with Crippen LogP contribution in [0.15, 0.2) is 61.1 Å². The van der Waals surface area contributed by atoms with Crippen molar-refractivity contribution in [1.82, 2.24) is 19.4 Å². The third kappa shape index (κ3) is 4.44. The highest BCUT2D eigenvalue weighted by Gasteiger charge is 2.24. The summed E-state index contributed by atoms with van der Waals surface area (Å²) in [5, 5.41) is 0. The molecule has 1 aliphatic rings.